The number of aromatic carboxylic acids is 1. The maximum absolute atomic E-state index is 14.1. The van der Waals surface area contributed by atoms with Gasteiger partial charge < -0.3 is 14.9 Å². The van der Waals surface area contributed by atoms with Gasteiger partial charge in [0.1, 0.15) is 9.77 Å². The van der Waals surface area contributed by atoms with Crippen LogP contribution in [0.1, 0.15) is 80.8 Å². The molecule has 2 fully saturated rings. The predicted octanol–water partition coefficient (Wildman–Crippen LogP) is 4.71. The summed E-state index contributed by atoms with van der Waals surface area (Å²) in [7, 11) is -0.275. The Morgan fingerprint density at radius 2 is 1.64 bits per heavy atom. The van der Waals surface area contributed by atoms with Crippen molar-refractivity contribution >= 4 is 44.9 Å². The molecule has 0 spiro atoms. The van der Waals surface area contributed by atoms with Crippen LogP contribution < -0.4 is 9.80 Å². The molecule has 12 heteroatoms. The topological polar surface area (TPSA) is 124 Å². The molecule has 4 rings (SSSR count). The Balaban J connectivity index is 1.63. The fourth-order valence-electron chi connectivity index (χ4n) is 5.39. The Labute approximate surface area is 253 Å². The van der Waals surface area contributed by atoms with Crippen LogP contribution in [0.4, 0.5) is 11.6 Å². The third kappa shape index (κ3) is 7.30. The van der Waals surface area contributed by atoms with E-state index in [1.807, 2.05) is 20.8 Å². The Kier molecular flexibility index (Phi) is 9.65. The zero-order valence-electron chi connectivity index (χ0n) is 25.3. The van der Waals surface area contributed by atoms with Gasteiger partial charge in [-0.05, 0) is 71.3 Å². The molecule has 0 atom stereocenters. The first-order valence-corrected chi connectivity index (χ1v) is 16.7. The van der Waals surface area contributed by atoms with Crippen molar-refractivity contribution in [3.63, 3.8) is 0 Å². The fraction of sp³-hybridized carbons (Fsp3) is 0.600. The van der Waals surface area contributed by atoms with Crippen molar-refractivity contribution < 1.29 is 23.1 Å². The van der Waals surface area contributed by atoms with E-state index >= 15 is 0 Å². The first-order chi connectivity index (χ1) is 19.7. The maximum atomic E-state index is 14.1. The predicted molar refractivity (Wildman–Crippen MR) is 164 cm³/mol. The van der Waals surface area contributed by atoms with Crippen molar-refractivity contribution in [2.75, 3.05) is 37.0 Å². The molecule has 42 heavy (non-hydrogen) atoms. The quantitative estimate of drug-likeness (QED) is 0.444. The lowest BCUT2D eigenvalue weighted by molar-refractivity contribution is -0.124. The minimum absolute atomic E-state index is 0.0175. The molecular weight excluding hydrogens is 574 g/mol. The molecule has 1 amide bonds. The Hall–Kier alpha value is -3.01. The smallest absolute Gasteiger partial charge is 0.348 e. The number of carbonyl (C=O) groups is 2. The first kappa shape index (κ1) is 31.9. The number of thiophene rings is 1. The number of rotatable bonds is 7. The van der Waals surface area contributed by atoms with Crippen molar-refractivity contribution in [2.45, 2.75) is 77.2 Å². The summed E-state index contributed by atoms with van der Waals surface area (Å²) < 4.78 is 28.2. The first-order valence-electron chi connectivity index (χ1n) is 14.4. The number of hydrogen-bond acceptors (Lipinski definition) is 8. The van der Waals surface area contributed by atoms with E-state index in [9.17, 15) is 23.1 Å². The minimum atomic E-state index is -3.83. The second-order valence-electron chi connectivity index (χ2n) is 12.5. The van der Waals surface area contributed by atoms with E-state index in [2.05, 4.69) is 28.7 Å². The van der Waals surface area contributed by atoms with Gasteiger partial charge in [-0.3, -0.25) is 4.79 Å². The van der Waals surface area contributed by atoms with E-state index in [4.69, 9.17) is 0 Å². The highest BCUT2D eigenvalue weighted by atomic mass is 32.2. The molecule has 3 heterocycles. The highest BCUT2D eigenvalue weighted by molar-refractivity contribution is 7.89. The van der Waals surface area contributed by atoms with Gasteiger partial charge in [0.15, 0.2) is 0 Å². The van der Waals surface area contributed by atoms with Gasteiger partial charge in [-0.1, -0.05) is 18.8 Å². The molecule has 1 saturated carbocycles. The number of aromatic nitrogens is 2. The molecule has 2 aromatic rings. The number of sulfonamides is 1. The second-order valence-corrected chi connectivity index (χ2v) is 15.5. The Morgan fingerprint density at radius 1 is 1.05 bits per heavy atom. The molecule has 0 radical (unpaired) electrons. The molecule has 1 aliphatic heterocycles. The molecule has 0 bridgehead atoms. The number of carbonyl (C=O) groups excluding carboxylic acids is 1. The summed E-state index contributed by atoms with van der Waals surface area (Å²) in [5.41, 5.74) is 0.0983. The van der Waals surface area contributed by atoms with Crippen molar-refractivity contribution in [3.05, 3.63) is 28.2 Å². The van der Waals surface area contributed by atoms with Gasteiger partial charge in [0.05, 0.1) is 23.0 Å². The SMILES string of the molecule is CN(C)c1ncc(S(=O)(=O)N2CCC(N(c3cc(C#CC(C)(C)C)sc3C(=O)O)C(=O)[C@H]3CC[C@H](C)CC3)CC2)cn1. The van der Waals surface area contributed by atoms with Gasteiger partial charge in [-0.2, -0.15) is 4.31 Å². The summed E-state index contributed by atoms with van der Waals surface area (Å²) in [5, 5.41) is 10.1. The maximum Gasteiger partial charge on any atom is 0.348 e. The number of amides is 1. The molecule has 2 aliphatic rings. The second kappa shape index (κ2) is 12.7. The van der Waals surface area contributed by atoms with E-state index in [0.717, 1.165) is 37.0 Å². The van der Waals surface area contributed by atoms with Crippen LogP contribution in [0, 0.1) is 29.1 Å². The molecule has 0 aromatic carbocycles. The largest absolute Gasteiger partial charge is 0.477 e. The van der Waals surface area contributed by atoms with Gasteiger partial charge in [-0.25, -0.2) is 23.2 Å². The average molecular weight is 616 g/mol. The molecule has 10 nitrogen and oxygen atoms in total. The van der Waals surface area contributed by atoms with Crippen LogP contribution >= 0.6 is 11.3 Å². The molecule has 1 N–H and O–H groups in total. The number of nitrogens with zero attached hydrogens (tertiary/aromatic N) is 5. The van der Waals surface area contributed by atoms with Gasteiger partial charge in [0.2, 0.25) is 21.9 Å². The van der Waals surface area contributed by atoms with Crippen molar-refractivity contribution in [1.82, 2.24) is 14.3 Å². The van der Waals surface area contributed by atoms with Crippen LogP contribution in [0.15, 0.2) is 23.4 Å². The van der Waals surface area contributed by atoms with E-state index in [1.54, 1.807) is 30.0 Å². The summed E-state index contributed by atoms with van der Waals surface area (Å²) >= 11 is 1.08. The molecule has 1 saturated heterocycles. The van der Waals surface area contributed by atoms with E-state index in [0.29, 0.717) is 35.3 Å². The Morgan fingerprint density at radius 3 is 2.17 bits per heavy atom. The molecular formula is C30H41N5O5S2. The third-order valence-electron chi connectivity index (χ3n) is 7.77. The fourth-order valence-corrected chi connectivity index (χ4v) is 7.59. The molecule has 2 aromatic heterocycles. The number of piperidine rings is 1. The lowest BCUT2D eigenvalue weighted by Gasteiger charge is -2.40. The minimum Gasteiger partial charge on any atom is -0.477 e. The highest BCUT2D eigenvalue weighted by Gasteiger charge is 2.39. The molecule has 228 valence electrons. The normalized spacial score (nSPS) is 20.4. The van der Waals surface area contributed by atoms with Crippen LogP contribution in [-0.2, 0) is 14.8 Å². The zero-order valence-corrected chi connectivity index (χ0v) is 26.9. The van der Waals surface area contributed by atoms with Crippen LogP contribution in [-0.4, -0.2) is 72.9 Å². The van der Waals surface area contributed by atoms with Gasteiger partial charge in [0.25, 0.3) is 0 Å². The van der Waals surface area contributed by atoms with Gasteiger partial charge in [0, 0.05) is 44.6 Å². The van der Waals surface area contributed by atoms with Crippen LogP contribution in [0.3, 0.4) is 0 Å². The van der Waals surface area contributed by atoms with Crippen molar-refractivity contribution in [1.29, 1.82) is 0 Å². The van der Waals surface area contributed by atoms with Crippen molar-refractivity contribution in [3.8, 4) is 11.8 Å². The Bertz CT molecular complexity index is 1450. The van der Waals surface area contributed by atoms with E-state index in [1.165, 1.54) is 16.7 Å². The van der Waals surface area contributed by atoms with Crippen LogP contribution in [0.5, 0.6) is 0 Å². The summed E-state index contributed by atoms with van der Waals surface area (Å²) in [6.45, 7) is 8.52. The van der Waals surface area contributed by atoms with Crippen molar-refractivity contribution in [2.24, 2.45) is 17.3 Å². The average Bonchev–Trinajstić information content (AvgIpc) is 3.36. The van der Waals surface area contributed by atoms with Gasteiger partial charge >= 0.3 is 5.97 Å². The number of anilines is 2. The van der Waals surface area contributed by atoms with Gasteiger partial charge in [-0.15, -0.1) is 11.3 Å². The zero-order chi connectivity index (χ0) is 30.8. The molecule has 1 aliphatic carbocycles. The number of carboxylic acids is 1. The highest BCUT2D eigenvalue weighted by Crippen LogP contribution is 2.38. The third-order valence-corrected chi connectivity index (χ3v) is 10.6. The summed E-state index contributed by atoms with van der Waals surface area (Å²) in [5.74, 6) is 5.86. The van der Waals surface area contributed by atoms with E-state index < -0.39 is 16.0 Å². The standard InChI is InChI=1S/C30H41N5O5S2/c1-20-7-9-21(10-8-20)27(36)35(25-17-23(11-14-30(2,3)4)41-26(25)28(37)38)22-12-15-34(16-13-22)42(39,40)24-18-31-29(32-19-24)33(5)6/h17-22H,7-10,12-13,15-16H2,1-6H3,(H,37,38)/t20-,21-. The lowest BCUT2D eigenvalue weighted by Crippen LogP contribution is -2.51. The number of carboxylic acid groups (broad SMARTS) is 1. The number of hydrogen-bond donors (Lipinski definition) is 1. The monoisotopic (exact) mass is 615 g/mol. The summed E-state index contributed by atoms with van der Waals surface area (Å²) in [6, 6.07) is 1.38. The lowest BCUT2D eigenvalue weighted by atomic mass is 9.82. The van der Waals surface area contributed by atoms with Crippen LogP contribution in [0.25, 0.3) is 0 Å². The molecule has 0 unspecified atom stereocenters. The summed E-state index contributed by atoms with van der Waals surface area (Å²) in [4.78, 5) is 38.9. The summed E-state index contributed by atoms with van der Waals surface area (Å²) in [6.07, 6.45) is 6.81. The van der Waals surface area contributed by atoms with Crippen LogP contribution in [0.2, 0.25) is 0 Å². The van der Waals surface area contributed by atoms with E-state index in [-0.39, 0.29) is 46.1 Å².